The Bertz CT molecular complexity index is 2620. The van der Waals surface area contributed by atoms with E-state index in [-0.39, 0.29) is 78.8 Å². The van der Waals surface area contributed by atoms with E-state index in [0.29, 0.717) is 22.0 Å². The summed E-state index contributed by atoms with van der Waals surface area (Å²) < 4.78 is 49.4. The molecule has 0 aliphatic rings. The standard InChI is InChI=1S/C47H41N3O15S/c1-6-34(51)26-57-27-60-38-19-16-32(24-39(38)61-29-63-43(54)9-4)46(56)65-44-30(5)22-36(64-45(55)31-14-17-35(18-15-31)59-28-62-42(53)8-3)23-33(44)25-48-50(20-21-58-41(52)7-2)47-49-37-12-10-11-13-40(37)66-47/h6-19,22-25H,1-4,20-21,26-29H2,5H3/b48-25+. The first-order chi connectivity index (χ1) is 31.9. The van der Waals surface area contributed by atoms with Gasteiger partial charge in [-0.05, 0) is 85.3 Å². The largest absolute Gasteiger partial charge is 0.464 e. The minimum Gasteiger partial charge on any atom is -0.464 e. The molecule has 0 aliphatic carbocycles. The fourth-order valence-corrected chi connectivity index (χ4v) is 6.21. The number of para-hydroxylation sites is 1. The summed E-state index contributed by atoms with van der Waals surface area (Å²) in [5, 5.41) is 6.59. The van der Waals surface area contributed by atoms with E-state index < -0.39 is 36.6 Å². The van der Waals surface area contributed by atoms with E-state index >= 15 is 0 Å². The van der Waals surface area contributed by atoms with Gasteiger partial charge in [-0.1, -0.05) is 49.8 Å². The first kappa shape index (κ1) is 48.6. The van der Waals surface area contributed by atoms with Crippen molar-refractivity contribution >= 4 is 68.5 Å². The highest BCUT2D eigenvalue weighted by Crippen LogP contribution is 2.33. The van der Waals surface area contributed by atoms with Crippen molar-refractivity contribution < 1.29 is 71.4 Å². The van der Waals surface area contributed by atoms with Crippen LogP contribution in [-0.2, 0) is 38.1 Å². The van der Waals surface area contributed by atoms with Crippen molar-refractivity contribution in [2.75, 3.05) is 45.1 Å². The van der Waals surface area contributed by atoms with Crippen LogP contribution in [0.25, 0.3) is 10.2 Å². The Morgan fingerprint density at radius 1 is 0.682 bits per heavy atom. The smallest absolute Gasteiger partial charge is 0.343 e. The highest BCUT2D eigenvalue weighted by Gasteiger charge is 2.21. The van der Waals surface area contributed by atoms with E-state index in [1.807, 2.05) is 24.3 Å². The lowest BCUT2D eigenvalue weighted by molar-refractivity contribution is -0.145. The van der Waals surface area contributed by atoms with Crippen molar-refractivity contribution in [2.24, 2.45) is 5.10 Å². The van der Waals surface area contributed by atoms with Gasteiger partial charge in [0.1, 0.15) is 30.5 Å². The number of ether oxygens (including phenoxy) is 9. The number of hydrazone groups is 1. The molecule has 5 aromatic rings. The fraction of sp³-hybridized carbons (Fsp3) is 0.149. The molecule has 0 atom stereocenters. The first-order valence-electron chi connectivity index (χ1n) is 19.4. The van der Waals surface area contributed by atoms with Crippen molar-refractivity contribution in [3.05, 3.63) is 152 Å². The van der Waals surface area contributed by atoms with Crippen molar-refractivity contribution in [3.8, 4) is 28.7 Å². The fourth-order valence-electron chi connectivity index (χ4n) is 5.26. The summed E-state index contributed by atoms with van der Waals surface area (Å²) in [6.45, 7) is 13.4. The van der Waals surface area contributed by atoms with Gasteiger partial charge in [-0.25, -0.2) is 34.0 Å². The molecule has 66 heavy (non-hydrogen) atoms. The molecule has 0 bridgehead atoms. The first-order valence-corrected chi connectivity index (χ1v) is 20.2. The Hall–Kier alpha value is -8.42. The van der Waals surface area contributed by atoms with Gasteiger partial charge < -0.3 is 42.6 Å². The van der Waals surface area contributed by atoms with Crippen LogP contribution in [0.5, 0.6) is 28.7 Å². The molecule has 0 amide bonds. The Kier molecular flexibility index (Phi) is 18.0. The maximum Gasteiger partial charge on any atom is 0.343 e. The summed E-state index contributed by atoms with van der Waals surface area (Å²) >= 11 is 1.33. The van der Waals surface area contributed by atoms with Gasteiger partial charge in [0.15, 0.2) is 24.1 Å². The van der Waals surface area contributed by atoms with Crippen molar-refractivity contribution in [3.63, 3.8) is 0 Å². The third-order valence-electron chi connectivity index (χ3n) is 8.45. The van der Waals surface area contributed by atoms with Crippen LogP contribution in [0, 0.1) is 6.92 Å². The summed E-state index contributed by atoms with van der Waals surface area (Å²) in [5.41, 5.74) is 1.30. The molecule has 1 heterocycles. The maximum atomic E-state index is 13.9. The molecular weight excluding hydrogens is 879 g/mol. The SMILES string of the molecule is C=CC(=O)COCOc1ccc(C(=O)Oc2c(C)cc(OC(=O)c3ccc(OCOC(=O)C=C)cc3)cc2/C=N/N(CCOC(=O)C=C)c2nc3ccccc3s2)cc1OCOC(=O)C=C. The topological polar surface area (TPSA) is 214 Å². The minimum absolute atomic E-state index is 0.00698. The predicted octanol–water partition coefficient (Wildman–Crippen LogP) is 6.85. The molecule has 340 valence electrons. The molecule has 5 rings (SSSR count). The van der Waals surface area contributed by atoms with Crippen molar-refractivity contribution in [2.45, 2.75) is 6.92 Å². The van der Waals surface area contributed by atoms with Gasteiger partial charge in [0.2, 0.25) is 18.7 Å². The summed E-state index contributed by atoms with van der Waals surface area (Å²) in [6, 6.07) is 20.2. The van der Waals surface area contributed by atoms with Gasteiger partial charge in [-0.3, -0.25) is 4.79 Å². The molecule has 0 saturated heterocycles. The number of carbonyl (C=O) groups excluding carboxylic acids is 6. The van der Waals surface area contributed by atoms with Crippen molar-refractivity contribution in [1.82, 2.24) is 4.98 Å². The highest BCUT2D eigenvalue weighted by atomic mass is 32.1. The Labute approximate surface area is 381 Å². The van der Waals surface area contributed by atoms with Gasteiger partial charge in [-0.2, -0.15) is 5.10 Å². The molecule has 0 unspecified atom stereocenters. The molecule has 18 nitrogen and oxygen atoms in total. The quantitative estimate of drug-likeness (QED) is 0.00855. The number of aromatic nitrogens is 1. The lowest BCUT2D eigenvalue weighted by atomic mass is 10.1. The zero-order chi connectivity index (χ0) is 47.4. The number of fused-ring (bicyclic) bond motifs is 1. The van der Waals surface area contributed by atoms with E-state index in [4.69, 9.17) is 42.6 Å². The van der Waals surface area contributed by atoms with E-state index in [1.165, 1.54) is 77.2 Å². The van der Waals surface area contributed by atoms with E-state index in [0.717, 1.165) is 29.0 Å². The number of ketones is 1. The van der Waals surface area contributed by atoms with Crippen LogP contribution in [0.1, 0.15) is 31.8 Å². The van der Waals surface area contributed by atoms with E-state index in [9.17, 15) is 28.8 Å². The molecule has 0 radical (unpaired) electrons. The number of aryl methyl sites for hydroxylation is 1. The number of benzene rings is 4. The summed E-state index contributed by atoms with van der Waals surface area (Å²) in [4.78, 5) is 78.5. The van der Waals surface area contributed by atoms with E-state index in [2.05, 4.69) is 36.4 Å². The van der Waals surface area contributed by atoms with Gasteiger partial charge in [0.25, 0.3) is 0 Å². The van der Waals surface area contributed by atoms with Gasteiger partial charge in [0, 0.05) is 23.8 Å². The lowest BCUT2D eigenvalue weighted by Gasteiger charge is -2.17. The number of nitrogens with zero attached hydrogens (tertiary/aromatic N) is 3. The second-order valence-electron chi connectivity index (χ2n) is 13.0. The number of carbonyl (C=O) groups is 6. The van der Waals surface area contributed by atoms with Crippen LogP contribution in [0.3, 0.4) is 0 Å². The number of esters is 5. The zero-order valence-electron chi connectivity index (χ0n) is 35.3. The summed E-state index contributed by atoms with van der Waals surface area (Å²) in [7, 11) is 0. The van der Waals surface area contributed by atoms with Crippen LogP contribution in [0.2, 0.25) is 0 Å². The summed E-state index contributed by atoms with van der Waals surface area (Å²) in [6.07, 6.45) is 5.41. The molecule has 0 fully saturated rings. The lowest BCUT2D eigenvalue weighted by Crippen LogP contribution is -2.23. The van der Waals surface area contributed by atoms with Gasteiger partial charge in [-0.15, -0.1) is 0 Å². The molecular formula is C47H41N3O15S. The second kappa shape index (κ2) is 24.4. The molecule has 1 aromatic heterocycles. The normalized spacial score (nSPS) is 10.6. The predicted molar refractivity (Wildman–Crippen MR) is 240 cm³/mol. The highest BCUT2D eigenvalue weighted by molar-refractivity contribution is 7.22. The third-order valence-corrected chi connectivity index (χ3v) is 9.50. The molecule has 0 saturated carbocycles. The maximum absolute atomic E-state index is 13.9. The number of rotatable bonds is 25. The number of anilines is 1. The van der Waals surface area contributed by atoms with Gasteiger partial charge >= 0.3 is 29.8 Å². The second-order valence-corrected chi connectivity index (χ2v) is 14.0. The molecule has 0 spiro atoms. The van der Waals surface area contributed by atoms with Gasteiger partial charge in [0.05, 0.1) is 34.1 Å². The van der Waals surface area contributed by atoms with Crippen LogP contribution < -0.4 is 28.7 Å². The van der Waals surface area contributed by atoms with Crippen molar-refractivity contribution in [1.29, 1.82) is 0 Å². The number of thiazole rings is 1. The Morgan fingerprint density at radius 2 is 1.33 bits per heavy atom. The Morgan fingerprint density at radius 3 is 2.03 bits per heavy atom. The monoisotopic (exact) mass is 919 g/mol. The average Bonchev–Trinajstić information content (AvgIpc) is 3.76. The number of hydrogen-bond donors (Lipinski definition) is 0. The number of hydrogen-bond acceptors (Lipinski definition) is 19. The molecule has 0 N–H and O–H groups in total. The van der Waals surface area contributed by atoms with Crippen LogP contribution >= 0.6 is 11.3 Å². The molecule has 4 aromatic carbocycles. The molecule has 19 heteroatoms. The third kappa shape index (κ3) is 14.3. The summed E-state index contributed by atoms with van der Waals surface area (Å²) in [5.74, 6) is -3.72. The van der Waals surface area contributed by atoms with Crippen LogP contribution in [0.4, 0.5) is 5.13 Å². The average molecular weight is 920 g/mol. The van der Waals surface area contributed by atoms with Crippen LogP contribution in [-0.4, -0.2) is 87.0 Å². The molecule has 0 aliphatic heterocycles. The van der Waals surface area contributed by atoms with E-state index in [1.54, 1.807) is 6.92 Å². The minimum atomic E-state index is -0.884. The van der Waals surface area contributed by atoms with Crippen LogP contribution in [0.15, 0.2) is 135 Å². The Balaban J connectivity index is 1.47. The zero-order valence-corrected chi connectivity index (χ0v) is 36.2.